The first-order valence-electron chi connectivity index (χ1n) is 5.95. The molecule has 3 N–H and O–H groups in total. The molecule has 0 fully saturated rings. The van der Waals surface area contributed by atoms with Gasteiger partial charge in [0, 0.05) is 19.2 Å². The summed E-state index contributed by atoms with van der Waals surface area (Å²) in [6, 6.07) is 3.23. The number of nitrogens with zero attached hydrogens (tertiary/aromatic N) is 2. The molecule has 8 nitrogen and oxygen atoms in total. The second kappa shape index (κ2) is 6.41. The van der Waals surface area contributed by atoms with Gasteiger partial charge in [-0.25, -0.2) is 4.79 Å². The quantitative estimate of drug-likeness (QED) is 0.728. The third kappa shape index (κ3) is 4.16. The van der Waals surface area contributed by atoms with Crippen LogP contribution in [0.5, 0.6) is 0 Å². The topological polar surface area (TPSA) is 109 Å². The Balaban J connectivity index is 1.73. The van der Waals surface area contributed by atoms with Gasteiger partial charge in [-0.3, -0.25) is 9.48 Å². The van der Waals surface area contributed by atoms with E-state index in [0.29, 0.717) is 18.7 Å². The van der Waals surface area contributed by atoms with Crippen LogP contribution in [0.25, 0.3) is 0 Å². The van der Waals surface area contributed by atoms with Gasteiger partial charge in [0.05, 0.1) is 18.1 Å². The maximum atomic E-state index is 11.6. The number of carbonyl (C=O) groups is 2. The highest BCUT2D eigenvalue weighted by molar-refractivity contribution is 5.88. The SMILES string of the molecule is O=C(O)Cn1cc(NC(=O)NCCc2ccco2)cn1. The molecule has 0 aliphatic rings. The van der Waals surface area contributed by atoms with E-state index in [0.717, 1.165) is 5.76 Å². The molecule has 0 spiro atoms. The predicted octanol–water partition coefficient (Wildman–Crippen LogP) is 0.925. The average molecular weight is 278 g/mol. The Kier molecular flexibility index (Phi) is 4.38. The van der Waals surface area contributed by atoms with Gasteiger partial charge in [-0.15, -0.1) is 0 Å². The van der Waals surface area contributed by atoms with E-state index in [4.69, 9.17) is 9.52 Å². The summed E-state index contributed by atoms with van der Waals surface area (Å²) in [6.45, 7) is 0.185. The minimum Gasteiger partial charge on any atom is -0.480 e. The number of nitrogens with one attached hydrogen (secondary N) is 2. The summed E-state index contributed by atoms with van der Waals surface area (Å²) >= 11 is 0. The van der Waals surface area contributed by atoms with Gasteiger partial charge in [-0.05, 0) is 12.1 Å². The van der Waals surface area contributed by atoms with Crippen molar-refractivity contribution in [2.45, 2.75) is 13.0 Å². The van der Waals surface area contributed by atoms with E-state index in [2.05, 4.69) is 15.7 Å². The first-order valence-corrected chi connectivity index (χ1v) is 5.95. The van der Waals surface area contributed by atoms with Crippen molar-refractivity contribution in [2.24, 2.45) is 0 Å². The van der Waals surface area contributed by atoms with Crippen LogP contribution >= 0.6 is 0 Å². The number of amides is 2. The summed E-state index contributed by atoms with van der Waals surface area (Å²) in [5.74, 6) is -0.206. The van der Waals surface area contributed by atoms with E-state index >= 15 is 0 Å². The summed E-state index contributed by atoms with van der Waals surface area (Å²) in [5, 5.41) is 17.6. The van der Waals surface area contributed by atoms with Gasteiger partial charge in [-0.1, -0.05) is 0 Å². The van der Waals surface area contributed by atoms with E-state index in [1.54, 1.807) is 12.3 Å². The minimum atomic E-state index is -0.998. The third-order valence-corrected chi connectivity index (χ3v) is 2.43. The number of carboxylic acids is 1. The highest BCUT2D eigenvalue weighted by Gasteiger charge is 2.06. The van der Waals surface area contributed by atoms with Crippen molar-refractivity contribution in [1.29, 1.82) is 0 Å². The van der Waals surface area contributed by atoms with Gasteiger partial charge < -0.3 is 20.2 Å². The number of urea groups is 1. The fraction of sp³-hybridized carbons (Fsp3) is 0.250. The van der Waals surface area contributed by atoms with Crippen LogP contribution in [0, 0.1) is 0 Å². The average Bonchev–Trinajstić information content (AvgIpc) is 3.00. The fourth-order valence-electron chi connectivity index (χ4n) is 1.58. The van der Waals surface area contributed by atoms with Crippen molar-refractivity contribution < 1.29 is 19.1 Å². The van der Waals surface area contributed by atoms with Gasteiger partial charge in [0.2, 0.25) is 0 Å². The van der Waals surface area contributed by atoms with E-state index in [1.807, 2.05) is 6.07 Å². The van der Waals surface area contributed by atoms with Crippen LogP contribution in [0.1, 0.15) is 5.76 Å². The molecule has 0 aliphatic heterocycles. The minimum absolute atomic E-state index is 0.248. The molecule has 106 valence electrons. The van der Waals surface area contributed by atoms with E-state index in [1.165, 1.54) is 17.1 Å². The molecule has 2 aromatic heterocycles. The van der Waals surface area contributed by atoms with Crippen molar-refractivity contribution in [1.82, 2.24) is 15.1 Å². The lowest BCUT2D eigenvalue weighted by Crippen LogP contribution is -2.30. The van der Waals surface area contributed by atoms with Gasteiger partial charge in [0.25, 0.3) is 0 Å². The van der Waals surface area contributed by atoms with E-state index in [-0.39, 0.29) is 12.6 Å². The fourth-order valence-corrected chi connectivity index (χ4v) is 1.58. The summed E-state index contributed by atoms with van der Waals surface area (Å²) in [5.41, 5.74) is 0.432. The lowest BCUT2D eigenvalue weighted by molar-refractivity contribution is -0.137. The molecule has 2 heterocycles. The number of rotatable bonds is 6. The smallest absolute Gasteiger partial charge is 0.325 e. The Morgan fingerprint density at radius 1 is 1.45 bits per heavy atom. The monoisotopic (exact) mass is 278 g/mol. The Bertz CT molecular complexity index is 576. The number of hydrogen-bond donors (Lipinski definition) is 3. The molecular weight excluding hydrogens is 264 g/mol. The van der Waals surface area contributed by atoms with E-state index < -0.39 is 5.97 Å². The summed E-state index contributed by atoms with van der Waals surface area (Å²) in [7, 11) is 0. The Hall–Kier alpha value is -2.77. The van der Waals surface area contributed by atoms with Crippen molar-refractivity contribution in [3.8, 4) is 0 Å². The van der Waals surface area contributed by atoms with Crippen LogP contribution in [-0.4, -0.2) is 33.4 Å². The van der Waals surface area contributed by atoms with Crippen molar-refractivity contribution in [2.75, 3.05) is 11.9 Å². The zero-order valence-electron chi connectivity index (χ0n) is 10.6. The molecule has 8 heteroatoms. The second-order valence-electron chi connectivity index (χ2n) is 4.03. The molecule has 20 heavy (non-hydrogen) atoms. The first-order chi connectivity index (χ1) is 9.63. The van der Waals surface area contributed by atoms with Crippen LogP contribution < -0.4 is 10.6 Å². The number of aromatic nitrogens is 2. The Morgan fingerprint density at radius 2 is 2.30 bits per heavy atom. The number of furan rings is 1. The number of aliphatic carboxylic acids is 1. The predicted molar refractivity (Wildman–Crippen MR) is 69.3 cm³/mol. The van der Waals surface area contributed by atoms with Crippen LogP contribution in [-0.2, 0) is 17.8 Å². The molecule has 0 bridgehead atoms. The number of carboxylic acid groups (broad SMARTS) is 1. The largest absolute Gasteiger partial charge is 0.480 e. The standard InChI is InChI=1S/C12H14N4O4/c17-11(18)8-16-7-9(6-14-16)15-12(19)13-4-3-10-2-1-5-20-10/h1-2,5-7H,3-4,8H2,(H,17,18)(H2,13,15,19). The molecule has 0 radical (unpaired) electrons. The van der Waals surface area contributed by atoms with Gasteiger partial charge in [-0.2, -0.15) is 5.10 Å². The molecule has 0 saturated carbocycles. The summed E-state index contributed by atoms with van der Waals surface area (Å²) < 4.78 is 6.36. The molecule has 0 aliphatic carbocycles. The Morgan fingerprint density at radius 3 is 3.00 bits per heavy atom. The molecule has 0 atom stereocenters. The molecule has 2 rings (SSSR count). The van der Waals surface area contributed by atoms with Crippen LogP contribution in [0.4, 0.5) is 10.5 Å². The molecule has 2 amide bonds. The zero-order valence-corrected chi connectivity index (χ0v) is 10.6. The lowest BCUT2D eigenvalue weighted by Gasteiger charge is -2.04. The van der Waals surface area contributed by atoms with Gasteiger partial charge in [0.1, 0.15) is 12.3 Å². The molecule has 0 unspecified atom stereocenters. The first kappa shape index (κ1) is 13.7. The number of hydrogen-bond acceptors (Lipinski definition) is 4. The summed E-state index contributed by atoms with van der Waals surface area (Å²) in [4.78, 5) is 22.1. The number of carbonyl (C=O) groups excluding carboxylic acids is 1. The number of anilines is 1. The maximum Gasteiger partial charge on any atom is 0.325 e. The van der Waals surface area contributed by atoms with Gasteiger partial charge in [0.15, 0.2) is 0 Å². The van der Waals surface area contributed by atoms with Crippen molar-refractivity contribution >= 4 is 17.7 Å². The molecule has 0 aromatic carbocycles. The highest BCUT2D eigenvalue weighted by Crippen LogP contribution is 2.04. The maximum absolute atomic E-state index is 11.6. The molecule has 2 aromatic rings. The van der Waals surface area contributed by atoms with Crippen LogP contribution in [0.3, 0.4) is 0 Å². The summed E-state index contributed by atoms with van der Waals surface area (Å²) in [6.07, 6.45) is 5.00. The molecule has 0 saturated heterocycles. The van der Waals surface area contributed by atoms with Crippen molar-refractivity contribution in [3.63, 3.8) is 0 Å². The molecular formula is C12H14N4O4. The lowest BCUT2D eigenvalue weighted by atomic mass is 10.3. The van der Waals surface area contributed by atoms with Crippen LogP contribution in [0.15, 0.2) is 35.2 Å². The zero-order chi connectivity index (χ0) is 14.4. The second-order valence-corrected chi connectivity index (χ2v) is 4.03. The third-order valence-electron chi connectivity index (χ3n) is 2.43. The van der Waals surface area contributed by atoms with Crippen LogP contribution in [0.2, 0.25) is 0 Å². The van der Waals surface area contributed by atoms with Crippen molar-refractivity contribution in [3.05, 3.63) is 36.5 Å². The van der Waals surface area contributed by atoms with Gasteiger partial charge >= 0.3 is 12.0 Å². The normalized spacial score (nSPS) is 10.2. The highest BCUT2D eigenvalue weighted by atomic mass is 16.4. The van der Waals surface area contributed by atoms with E-state index in [9.17, 15) is 9.59 Å². The Labute approximate surface area is 114 Å².